The Labute approximate surface area is 155 Å². The van der Waals surface area contributed by atoms with Gasteiger partial charge in [-0.2, -0.15) is 0 Å². The quantitative estimate of drug-likeness (QED) is 0.614. The Kier molecular flexibility index (Phi) is 5.30. The van der Waals surface area contributed by atoms with Gasteiger partial charge < -0.3 is 9.64 Å². The maximum Gasteiger partial charge on any atom is 0.289 e. The van der Waals surface area contributed by atoms with Gasteiger partial charge in [-0.25, -0.2) is 8.42 Å². The topological polar surface area (TPSA) is 102 Å². The van der Waals surface area contributed by atoms with E-state index in [1.807, 2.05) is 4.90 Å². The average Bonchev–Trinajstić information content (AvgIpc) is 2.62. The highest BCUT2D eigenvalue weighted by molar-refractivity contribution is 7.92. The molecule has 0 bridgehead atoms. The van der Waals surface area contributed by atoms with E-state index in [0.717, 1.165) is 6.07 Å². The highest BCUT2D eigenvalue weighted by atomic mass is 35.5. The zero-order valence-corrected chi connectivity index (χ0v) is 15.2. The molecule has 1 aliphatic heterocycles. The molecule has 26 heavy (non-hydrogen) atoms. The van der Waals surface area contributed by atoms with E-state index in [9.17, 15) is 18.5 Å². The number of rotatable bonds is 5. The maximum atomic E-state index is 12.8. The van der Waals surface area contributed by atoms with Crippen LogP contribution in [0.2, 0.25) is 5.02 Å². The van der Waals surface area contributed by atoms with Crippen molar-refractivity contribution >= 4 is 38.7 Å². The van der Waals surface area contributed by atoms with Crippen molar-refractivity contribution in [1.82, 2.24) is 0 Å². The van der Waals surface area contributed by atoms with Gasteiger partial charge in [-0.3, -0.25) is 14.8 Å². The highest BCUT2D eigenvalue weighted by Crippen LogP contribution is 2.33. The summed E-state index contributed by atoms with van der Waals surface area (Å²) in [5.74, 6) is 0. The minimum absolute atomic E-state index is 0.262. The van der Waals surface area contributed by atoms with Gasteiger partial charge in [0.05, 0.1) is 29.5 Å². The van der Waals surface area contributed by atoms with Crippen molar-refractivity contribution in [2.24, 2.45) is 0 Å². The molecule has 10 heteroatoms. The molecular formula is C16H16ClN3O5S. The monoisotopic (exact) mass is 397 g/mol. The Morgan fingerprint density at radius 2 is 1.85 bits per heavy atom. The number of hydrogen-bond acceptors (Lipinski definition) is 6. The highest BCUT2D eigenvalue weighted by Gasteiger charge is 2.27. The van der Waals surface area contributed by atoms with Gasteiger partial charge in [0.1, 0.15) is 0 Å². The number of para-hydroxylation sites is 1. The first-order valence-electron chi connectivity index (χ1n) is 7.77. The first kappa shape index (κ1) is 18.4. The molecule has 0 radical (unpaired) electrons. The van der Waals surface area contributed by atoms with Crippen LogP contribution in [-0.4, -0.2) is 39.6 Å². The predicted molar refractivity (Wildman–Crippen MR) is 98.4 cm³/mol. The van der Waals surface area contributed by atoms with Crippen molar-refractivity contribution in [3.8, 4) is 0 Å². The number of ether oxygens (including phenoxy) is 1. The minimum Gasteiger partial charge on any atom is -0.378 e. The molecule has 3 rings (SSSR count). The molecule has 1 aliphatic rings. The number of nitro groups is 1. The van der Waals surface area contributed by atoms with E-state index in [0.29, 0.717) is 37.0 Å². The van der Waals surface area contributed by atoms with Crippen molar-refractivity contribution in [3.63, 3.8) is 0 Å². The average molecular weight is 398 g/mol. The third-order valence-electron chi connectivity index (χ3n) is 3.91. The van der Waals surface area contributed by atoms with E-state index in [4.69, 9.17) is 16.3 Å². The molecule has 8 nitrogen and oxygen atoms in total. The fourth-order valence-corrected chi connectivity index (χ4v) is 4.12. The first-order chi connectivity index (χ1) is 12.4. The van der Waals surface area contributed by atoms with E-state index in [1.54, 1.807) is 12.1 Å². The van der Waals surface area contributed by atoms with Crippen LogP contribution in [0.5, 0.6) is 0 Å². The van der Waals surface area contributed by atoms with E-state index in [1.165, 1.54) is 24.3 Å². The molecule has 0 spiro atoms. The van der Waals surface area contributed by atoms with Gasteiger partial charge in [0, 0.05) is 24.2 Å². The molecule has 138 valence electrons. The summed E-state index contributed by atoms with van der Waals surface area (Å²) < 4.78 is 33.3. The molecule has 0 aromatic heterocycles. The van der Waals surface area contributed by atoms with Crippen LogP contribution >= 0.6 is 11.6 Å². The van der Waals surface area contributed by atoms with Gasteiger partial charge in [0.25, 0.3) is 15.7 Å². The number of morpholine rings is 1. The number of hydrogen-bond donors (Lipinski definition) is 1. The van der Waals surface area contributed by atoms with Crippen molar-refractivity contribution in [2.75, 3.05) is 35.9 Å². The molecule has 0 amide bonds. The van der Waals surface area contributed by atoms with Crippen LogP contribution in [0.15, 0.2) is 47.4 Å². The molecule has 0 saturated carbocycles. The molecule has 1 saturated heterocycles. The van der Waals surface area contributed by atoms with E-state index in [-0.39, 0.29) is 5.69 Å². The van der Waals surface area contributed by atoms with Crippen LogP contribution in [0.4, 0.5) is 17.1 Å². The summed E-state index contributed by atoms with van der Waals surface area (Å²) in [6.07, 6.45) is 0. The van der Waals surface area contributed by atoms with Crippen LogP contribution in [0.1, 0.15) is 0 Å². The molecule has 0 unspecified atom stereocenters. The van der Waals surface area contributed by atoms with Gasteiger partial charge in [0.2, 0.25) is 0 Å². The Hall–Kier alpha value is -2.36. The van der Waals surface area contributed by atoms with Crippen LogP contribution in [0.25, 0.3) is 0 Å². The summed E-state index contributed by atoms with van der Waals surface area (Å²) in [7, 11) is -4.18. The second-order valence-corrected chi connectivity index (χ2v) is 7.68. The lowest BCUT2D eigenvalue weighted by atomic mass is 10.2. The summed E-state index contributed by atoms with van der Waals surface area (Å²) in [5.41, 5.74) is 0.410. The van der Waals surface area contributed by atoms with Gasteiger partial charge in [0.15, 0.2) is 4.90 Å². The summed E-state index contributed by atoms with van der Waals surface area (Å²) >= 11 is 6.03. The summed E-state index contributed by atoms with van der Waals surface area (Å²) in [5, 5.41) is 11.5. The predicted octanol–water partition coefficient (Wildman–Crippen LogP) is 2.89. The van der Waals surface area contributed by atoms with Crippen molar-refractivity contribution in [2.45, 2.75) is 4.90 Å². The molecule has 0 atom stereocenters. The number of benzene rings is 2. The SMILES string of the molecule is O=[N+]([O-])c1ccccc1S(=O)(=O)Nc1cc(Cl)ccc1N1CCOCC1. The second-order valence-electron chi connectivity index (χ2n) is 5.59. The molecular weight excluding hydrogens is 382 g/mol. The number of nitro benzene ring substituents is 1. The zero-order chi connectivity index (χ0) is 18.7. The van der Waals surface area contributed by atoms with Crippen molar-refractivity contribution in [1.29, 1.82) is 0 Å². The fourth-order valence-electron chi connectivity index (χ4n) is 2.70. The maximum absolute atomic E-state index is 12.8. The normalized spacial score (nSPS) is 14.9. The molecule has 2 aromatic carbocycles. The molecule has 1 heterocycles. The fraction of sp³-hybridized carbons (Fsp3) is 0.250. The number of nitrogens with one attached hydrogen (secondary N) is 1. The lowest BCUT2D eigenvalue weighted by Gasteiger charge is -2.30. The lowest BCUT2D eigenvalue weighted by molar-refractivity contribution is -0.387. The van der Waals surface area contributed by atoms with Gasteiger partial charge in [-0.1, -0.05) is 23.7 Å². The molecule has 1 N–H and O–H groups in total. The van der Waals surface area contributed by atoms with E-state index in [2.05, 4.69) is 4.72 Å². The van der Waals surface area contributed by atoms with E-state index >= 15 is 0 Å². The van der Waals surface area contributed by atoms with Gasteiger partial charge >= 0.3 is 0 Å². The molecule has 1 fully saturated rings. The Morgan fingerprint density at radius 1 is 1.15 bits per heavy atom. The summed E-state index contributed by atoms with van der Waals surface area (Å²) in [4.78, 5) is 12.0. The molecule has 0 aliphatic carbocycles. The summed E-state index contributed by atoms with van der Waals surface area (Å²) in [6, 6.07) is 10.0. The van der Waals surface area contributed by atoms with Gasteiger partial charge in [-0.05, 0) is 24.3 Å². The third kappa shape index (κ3) is 3.90. The largest absolute Gasteiger partial charge is 0.378 e. The molecule has 2 aromatic rings. The number of sulfonamides is 1. The van der Waals surface area contributed by atoms with Crippen LogP contribution < -0.4 is 9.62 Å². The summed E-state index contributed by atoms with van der Waals surface area (Å²) in [6.45, 7) is 2.25. The smallest absolute Gasteiger partial charge is 0.289 e. The Bertz CT molecular complexity index is 929. The van der Waals surface area contributed by atoms with Crippen LogP contribution in [0, 0.1) is 10.1 Å². The first-order valence-corrected chi connectivity index (χ1v) is 9.63. The third-order valence-corrected chi connectivity index (χ3v) is 5.55. The van der Waals surface area contributed by atoms with Crippen molar-refractivity contribution in [3.05, 3.63) is 57.6 Å². The van der Waals surface area contributed by atoms with Gasteiger partial charge in [-0.15, -0.1) is 0 Å². The zero-order valence-electron chi connectivity index (χ0n) is 13.6. The van der Waals surface area contributed by atoms with Crippen LogP contribution in [0.3, 0.4) is 0 Å². The van der Waals surface area contributed by atoms with Crippen LogP contribution in [-0.2, 0) is 14.8 Å². The number of anilines is 2. The Morgan fingerprint density at radius 3 is 2.54 bits per heavy atom. The second kappa shape index (κ2) is 7.48. The van der Waals surface area contributed by atoms with E-state index < -0.39 is 25.5 Å². The number of halogens is 1. The number of nitrogens with zero attached hydrogens (tertiary/aromatic N) is 2. The Balaban J connectivity index is 2.00. The van der Waals surface area contributed by atoms with Crippen molar-refractivity contribution < 1.29 is 18.1 Å². The lowest BCUT2D eigenvalue weighted by Crippen LogP contribution is -2.36. The standard InChI is InChI=1S/C16H16ClN3O5S/c17-12-5-6-14(19-7-9-25-10-8-19)13(11-12)18-26(23,24)16-4-2-1-3-15(16)20(21)22/h1-6,11,18H,7-10H2. The minimum atomic E-state index is -4.18.